The number of phenols is 1. The maximum atomic E-state index is 11.9. The van der Waals surface area contributed by atoms with Crippen LogP contribution in [0.15, 0.2) is 18.2 Å². The summed E-state index contributed by atoms with van der Waals surface area (Å²) in [7, 11) is 0. The number of nitrogens with one attached hydrogen (secondary N) is 1. The summed E-state index contributed by atoms with van der Waals surface area (Å²) in [4.78, 5) is 11.9. The molecule has 0 unspecified atom stereocenters. The fourth-order valence-electron chi connectivity index (χ4n) is 2.07. The molecule has 0 bridgehead atoms. The van der Waals surface area contributed by atoms with Crippen molar-refractivity contribution in [3.05, 3.63) is 23.8 Å². The van der Waals surface area contributed by atoms with Crippen LogP contribution in [0.25, 0.3) is 0 Å². The Morgan fingerprint density at radius 3 is 2.60 bits per heavy atom. The maximum absolute atomic E-state index is 11.9. The highest BCUT2D eigenvalue weighted by molar-refractivity contribution is 5.87. The third-order valence-corrected chi connectivity index (χ3v) is 3.18. The molecule has 106 valence electrons. The van der Waals surface area contributed by atoms with Crippen LogP contribution in [-0.2, 0) is 10.2 Å². The number of phenolic OH excluding ortho intramolecular Hbond substituents is 1. The summed E-state index contributed by atoms with van der Waals surface area (Å²) in [6.07, 6.45) is 6.76. The number of anilines is 1. The van der Waals surface area contributed by atoms with Gasteiger partial charge in [0.05, 0.1) is 5.41 Å². The minimum atomic E-state index is -0.565. The highest BCUT2D eigenvalue weighted by Gasteiger charge is 2.44. The molecule has 0 spiro atoms. The van der Waals surface area contributed by atoms with Crippen LogP contribution < -0.4 is 5.32 Å². The van der Waals surface area contributed by atoms with Crippen LogP contribution in [0.2, 0.25) is 0 Å². The van der Waals surface area contributed by atoms with Gasteiger partial charge in [0.2, 0.25) is 0 Å². The van der Waals surface area contributed by atoms with Crippen molar-refractivity contribution < 1.29 is 14.6 Å². The van der Waals surface area contributed by atoms with E-state index < -0.39 is 11.7 Å². The Labute approximate surface area is 119 Å². The molecule has 0 atom stereocenters. The molecule has 0 aromatic heterocycles. The van der Waals surface area contributed by atoms with E-state index >= 15 is 0 Å². The summed E-state index contributed by atoms with van der Waals surface area (Å²) < 4.78 is 5.23. The quantitative estimate of drug-likeness (QED) is 0.641. The molecule has 2 N–H and O–H groups in total. The van der Waals surface area contributed by atoms with Crippen molar-refractivity contribution in [1.29, 1.82) is 0 Å². The number of hydrogen-bond acceptors (Lipinski definition) is 3. The largest absolute Gasteiger partial charge is 0.508 e. The normalized spacial score (nSPS) is 16.1. The number of hydrogen-bond donors (Lipinski definition) is 2. The van der Waals surface area contributed by atoms with E-state index in [9.17, 15) is 9.90 Å². The predicted octanol–water partition coefficient (Wildman–Crippen LogP) is 3.40. The van der Waals surface area contributed by atoms with Gasteiger partial charge < -0.3 is 9.84 Å². The third-order valence-electron chi connectivity index (χ3n) is 3.18. The van der Waals surface area contributed by atoms with Crippen molar-refractivity contribution in [2.75, 3.05) is 5.32 Å². The summed E-state index contributed by atoms with van der Waals surface area (Å²) in [6.45, 7) is 5.40. The first-order chi connectivity index (χ1) is 9.26. The number of rotatable bonds is 2. The molecule has 4 nitrogen and oxygen atoms in total. The van der Waals surface area contributed by atoms with Crippen molar-refractivity contribution in [1.82, 2.24) is 0 Å². The van der Waals surface area contributed by atoms with Gasteiger partial charge in [-0.25, -0.2) is 4.79 Å². The average Bonchev–Trinajstić information content (AvgIpc) is 3.10. The van der Waals surface area contributed by atoms with Crippen LogP contribution in [0.3, 0.4) is 0 Å². The van der Waals surface area contributed by atoms with E-state index in [2.05, 4.69) is 11.2 Å². The highest BCUT2D eigenvalue weighted by atomic mass is 16.6. The average molecular weight is 273 g/mol. The molecule has 0 aliphatic heterocycles. The Hall–Kier alpha value is -2.15. The third kappa shape index (κ3) is 3.05. The first-order valence-electron chi connectivity index (χ1n) is 6.57. The lowest BCUT2D eigenvalue weighted by Crippen LogP contribution is -2.27. The van der Waals surface area contributed by atoms with Crippen LogP contribution in [0.4, 0.5) is 10.5 Å². The van der Waals surface area contributed by atoms with Crippen molar-refractivity contribution >= 4 is 11.8 Å². The van der Waals surface area contributed by atoms with Gasteiger partial charge >= 0.3 is 6.09 Å². The van der Waals surface area contributed by atoms with Gasteiger partial charge in [-0.05, 0) is 57.4 Å². The summed E-state index contributed by atoms with van der Waals surface area (Å²) in [5.41, 5.74) is 0.423. The maximum Gasteiger partial charge on any atom is 0.412 e. The monoisotopic (exact) mass is 273 g/mol. The highest BCUT2D eigenvalue weighted by Crippen LogP contribution is 2.50. The van der Waals surface area contributed by atoms with Gasteiger partial charge in [0.1, 0.15) is 11.4 Å². The molecule has 1 fully saturated rings. The van der Waals surface area contributed by atoms with Gasteiger partial charge in [-0.1, -0.05) is 5.92 Å². The van der Waals surface area contributed by atoms with Crippen molar-refractivity contribution in [2.45, 2.75) is 44.6 Å². The van der Waals surface area contributed by atoms with Crippen LogP contribution in [0.5, 0.6) is 5.75 Å². The lowest BCUT2D eigenvalue weighted by Gasteiger charge is -2.21. The van der Waals surface area contributed by atoms with Crippen LogP contribution in [0.1, 0.15) is 39.2 Å². The number of carbonyl (C=O) groups excluding carboxylic acids is 1. The molecular formula is C16H19NO3. The van der Waals surface area contributed by atoms with Gasteiger partial charge in [-0.15, -0.1) is 6.42 Å². The second kappa shape index (κ2) is 4.75. The lowest BCUT2D eigenvalue weighted by molar-refractivity contribution is 0.0635. The summed E-state index contributed by atoms with van der Waals surface area (Å²) in [5.74, 6) is 2.89. The number of amides is 1. The zero-order valence-electron chi connectivity index (χ0n) is 12.0. The first-order valence-corrected chi connectivity index (χ1v) is 6.57. The SMILES string of the molecule is C#CC1(c2cc(O)ccc2NC(=O)OC(C)(C)C)CC1. The fraction of sp³-hybridized carbons (Fsp3) is 0.438. The van der Waals surface area contributed by atoms with E-state index in [1.807, 2.05) is 0 Å². The standard InChI is InChI=1S/C16H19NO3/c1-5-16(8-9-16)12-10-11(18)6-7-13(12)17-14(19)20-15(2,3)4/h1,6-7,10,18H,8-9H2,2-4H3,(H,17,19). The van der Waals surface area contributed by atoms with E-state index in [1.54, 1.807) is 32.9 Å². The number of aromatic hydroxyl groups is 1. The van der Waals surface area contributed by atoms with Crippen molar-refractivity contribution in [2.24, 2.45) is 0 Å². The molecule has 1 aromatic rings. The second-order valence-corrected chi connectivity index (χ2v) is 6.08. The summed E-state index contributed by atoms with van der Waals surface area (Å²) in [6, 6.07) is 4.77. The van der Waals surface area contributed by atoms with E-state index in [1.165, 1.54) is 6.07 Å². The first kappa shape index (κ1) is 14.3. The molecule has 1 aromatic carbocycles. The van der Waals surface area contributed by atoms with E-state index in [4.69, 9.17) is 11.2 Å². The lowest BCUT2D eigenvalue weighted by atomic mass is 9.95. The van der Waals surface area contributed by atoms with Gasteiger partial charge in [0.15, 0.2) is 0 Å². The van der Waals surface area contributed by atoms with Crippen LogP contribution in [0, 0.1) is 12.3 Å². The number of ether oxygens (including phenoxy) is 1. The van der Waals surface area contributed by atoms with E-state index in [0.717, 1.165) is 18.4 Å². The number of terminal acetylenes is 1. The van der Waals surface area contributed by atoms with Crippen molar-refractivity contribution in [3.63, 3.8) is 0 Å². The number of benzene rings is 1. The molecule has 2 rings (SSSR count). The zero-order chi connectivity index (χ0) is 15.0. The summed E-state index contributed by atoms with van der Waals surface area (Å²) in [5, 5.41) is 12.3. The second-order valence-electron chi connectivity index (χ2n) is 6.08. The van der Waals surface area contributed by atoms with Gasteiger partial charge in [-0.3, -0.25) is 5.32 Å². The Balaban J connectivity index is 2.25. The molecular weight excluding hydrogens is 254 g/mol. The molecule has 1 saturated carbocycles. The molecule has 1 aliphatic rings. The Morgan fingerprint density at radius 1 is 1.45 bits per heavy atom. The molecule has 1 aliphatic carbocycles. The molecule has 1 amide bonds. The molecule has 0 heterocycles. The topological polar surface area (TPSA) is 58.6 Å². The van der Waals surface area contributed by atoms with Gasteiger partial charge in [-0.2, -0.15) is 0 Å². The van der Waals surface area contributed by atoms with E-state index in [0.29, 0.717) is 5.69 Å². The minimum Gasteiger partial charge on any atom is -0.508 e. The predicted molar refractivity (Wildman–Crippen MR) is 77.7 cm³/mol. The van der Waals surface area contributed by atoms with Crippen LogP contribution >= 0.6 is 0 Å². The van der Waals surface area contributed by atoms with Crippen molar-refractivity contribution in [3.8, 4) is 18.1 Å². The van der Waals surface area contributed by atoms with E-state index in [-0.39, 0.29) is 11.2 Å². The molecule has 0 saturated heterocycles. The fourth-order valence-corrected chi connectivity index (χ4v) is 2.07. The van der Waals surface area contributed by atoms with Gasteiger partial charge in [0, 0.05) is 5.69 Å². The molecule has 4 heteroatoms. The Morgan fingerprint density at radius 2 is 2.10 bits per heavy atom. The Kier molecular flexibility index (Phi) is 3.39. The summed E-state index contributed by atoms with van der Waals surface area (Å²) >= 11 is 0. The smallest absolute Gasteiger partial charge is 0.412 e. The minimum absolute atomic E-state index is 0.135. The zero-order valence-corrected chi connectivity index (χ0v) is 12.0. The van der Waals surface area contributed by atoms with Crippen LogP contribution in [-0.4, -0.2) is 16.8 Å². The molecule has 20 heavy (non-hydrogen) atoms. The van der Waals surface area contributed by atoms with Gasteiger partial charge in [0.25, 0.3) is 0 Å². The number of carbonyl (C=O) groups is 1. The molecule has 0 radical (unpaired) electrons. The Bertz CT molecular complexity index is 574.